The lowest BCUT2D eigenvalue weighted by Gasteiger charge is -2.10. The maximum atomic E-state index is 12.0. The lowest BCUT2D eigenvalue weighted by atomic mass is 10.2. The summed E-state index contributed by atoms with van der Waals surface area (Å²) in [7, 11) is 1.54. The van der Waals surface area contributed by atoms with Crippen molar-refractivity contribution in [2.75, 3.05) is 18.2 Å². The molecular weight excluding hydrogens is 244 g/mol. The normalized spacial score (nSPS) is 10.0. The molecule has 2 aromatic rings. The zero-order valence-corrected chi connectivity index (χ0v) is 10.7. The minimum absolute atomic E-state index is 0.192. The van der Waals surface area contributed by atoms with Gasteiger partial charge in [0, 0.05) is 0 Å². The van der Waals surface area contributed by atoms with Crippen LogP contribution in [0.15, 0.2) is 30.6 Å². The molecular formula is C13H14N4O2. The fraction of sp³-hybridized carbons (Fsp3) is 0.154. The molecule has 98 valence electrons. The maximum Gasteiger partial charge on any atom is 0.275 e. The second kappa shape index (κ2) is 5.34. The van der Waals surface area contributed by atoms with Crippen molar-refractivity contribution in [1.29, 1.82) is 0 Å². The number of hydrogen-bond donors (Lipinski definition) is 2. The number of methoxy groups -OCH3 is 1. The fourth-order valence-electron chi connectivity index (χ4n) is 1.56. The van der Waals surface area contributed by atoms with Crippen molar-refractivity contribution >= 4 is 17.4 Å². The van der Waals surface area contributed by atoms with Gasteiger partial charge in [-0.05, 0) is 24.6 Å². The minimum Gasteiger partial charge on any atom is -0.495 e. The first-order valence-corrected chi connectivity index (χ1v) is 5.63. The first-order valence-electron chi connectivity index (χ1n) is 5.63. The van der Waals surface area contributed by atoms with Crippen molar-refractivity contribution in [2.24, 2.45) is 0 Å². The highest BCUT2D eigenvalue weighted by Crippen LogP contribution is 2.25. The molecule has 0 aliphatic carbocycles. The van der Waals surface area contributed by atoms with Gasteiger partial charge in [0.15, 0.2) is 0 Å². The molecule has 0 radical (unpaired) electrons. The molecule has 2 rings (SSSR count). The van der Waals surface area contributed by atoms with Gasteiger partial charge in [0.05, 0.1) is 25.2 Å². The molecule has 0 unspecified atom stereocenters. The minimum atomic E-state index is -0.364. The van der Waals surface area contributed by atoms with Gasteiger partial charge in [-0.15, -0.1) is 0 Å². The molecule has 6 nitrogen and oxygen atoms in total. The van der Waals surface area contributed by atoms with Gasteiger partial charge >= 0.3 is 0 Å². The molecule has 0 saturated carbocycles. The Hall–Kier alpha value is -2.63. The van der Waals surface area contributed by atoms with E-state index in [1.807, 2.05) is 19.1 Å². The Morgan fingerprint density at radius 3 is 2.74 bits per heavy atom. The van der Waals surface area contributed by atoms with Crippen LogP contribution in [-0.2, 0) is 0 Å². The third-order valence-corrected chi connectivity index (χ3v) is 2.51. The molecule has 0 fully saturated rings. The number of anilines is 2. The van der Waals surface area contributed by atoms with E-state index < -0.39 is 0 Å². The summed E-state index contributed by atoms with van der Waals surface area (Å²) in [6.45, 7) is 1.93. The summed E-state index contributed by atoms with van der Waals surface area (Å²) in [5.41, 5.74) is 7.21. The molecule has 0 spiro atoms. The van der Waals surface area contributed by atoms with Gasteiger partial charge in [-0.2, -0.15) is 0 Å². The van der Waals surface area contributed by atoms with Gasteiger partial charge in [-0.3, -0.25) is 4.79 Å². The number of ether oxygens (including phenoxy) is 1. The Bertz CT molecular complexity index is 596. The average Bonchev–Trinajstić information content (AvgIpc) is 2.39. The molecule has 0 bridgehead atoms. The summed E-state index contributed by atoms with van der Waals surface area (Å²) >= 11 is 0. The molecule has 19 heavy (non-hydrogen) atoms. The summed E-state index contributed by atoms with van der Waals surface area (Å²) in [5.74, 6) is 0.489. The quantitative estimate of drug-likeness (QED) is 0.873. The molecule has 1 amide bonds. The van der Waals surface area contributed by atoms with Crippen LogP contribution in [0.1, 0.15) is 16.1 Å². The number of aromatic nitrogens is 2. The molecule has 0 aliphatic rings. The lowest BCUT2D eigenvalue weighted by molar-refractivity contribution is 0.102. The van der Waals surface area contributed by atoms with E-state index in [0.717, 1.165) is 5.56 Å². The highest BCUT2D eigenvalue weighted by Gasteiger charge is 2.11. The van der Waals surface area contributed by atoms with E-state index in [4.69, 9.17) is 10.5 Å². The Labute approximate surface area is 110 Å². The summed E-state index contributed by atoms with van der Waals surface area (Å²) < 4.78 is 5.19. The van der Waals surface area contributed by atoms with E-state index in [1.165, 1.54) is 12.4 Å². The molecule has 0 aliphatic heterocycles. The number of hydrogen-bond acceptors (Lipinski definition) is 5. The third-order valence-electron chi connectivity index (χ3n) is 2.51. The molecule has 6 heteroatoms. The van der Waals surface area contributed by atoms with Gasteiger partial charge in [-0.25, -0.2) is 9.97 Å². The van der Waals surface area contributed by atoms with E-state index in [0.29, 0.717) is 11.4 Å². The number of amides is 1. The second-order valence-corrected chi connectivity index (χ2v) is 3.98. The number of nitrogens with two attached hydrogens (primary N) is 1. The van der Waals surface area contributed by atoms with E-state index >= 15 is 0 Å². The van der Waals surface area contributed by atoms with Crippen molar-refractivity contribution in [3.63, 3.8) is 0 Å². The largest absolute Gasteiger partial charge is 0.495 e. The summed E-state index contributed by atoms with van der Waals surface area (Å²) in [5, 5.41) is 2.73. The Morgan fingerprint density at radius 2 is 2.11 bits per heavy atom. The molecule has 1 aromatic carbocycles. The van der Waals surface area contributed by atoms with E-state index in [9.17, 15) is 4.79 Å². The van der Waals surface area contributed by atoms with Gasteiger partial charge < -0.3 is 15.8 Å². The Morgan fingerprint density at radius 1 is 1.32 bits per heavy atom. The zero-order chi connectivity index (χ0) is 13.8. The topological polar surface area (TPSA) is 90.1 Å². The van der Waals surface area contributed by atoms with Gasteiger partial charge in [-0.1, -0.05) is 6.07 Å². The molecule has 1 heterocycles. The van der Waals surface area contributed by atoms with Crippen LogP contribution in [0, 0.1) is 6.92 Å². The van der Waals surface area contributed by atoms with Gasteiger partial charge in [0.1, 0.15) is 17.3 Å². The molecule has 3 N–H and O–H groups in total. The number of aryl methyl sites for hydroxylation is 1. The van der Waals surface area contributed by atoms with Crippen molar-refractivity contribution in [1.82, 2.24) is 9.97 Å². The monoisotopic (exact) mass is 258 g/mol. The van der Waals surface area contributed by atoms with E-state index in [2.05, 4.69) is 15.3 Å². The number of nitrogens with one attached hydrogen (secondary N) is 1. The van der Waals surface area contributed by atoms with E-state index in [1.54, 1.807) is 13.2 Å². The zero-order valence-electron chi connectivity index (χ0n) is 10.7. The first-order chi connectivity index (χ1) is 9.10. The number of rotatable bonds is 3. The van der Waals surface area contributed by atoms with E-state index in [-0.39, 0.29) is 17.4 Å². The summed E-state index contributed by atoms with van der Waals surface area (Å²) in [6, 6.07) is 5.51. The van der Waals surface area contributed by atoms with Crippen molar-refractivity contribution in [3.8, 4) is 5.75 Å². The number of nitrogen functional groups attached to an aromatic ring is 1. The number of nitrogens with zero attached hydrogens (tertiary/aromatic N) is 2. The highest BCUT2D eigenvalue weighted by atomic mass is 16.5. The number of carbonyl (C=O) groups is 1. The van der Waals surface area contributed by atoms with Crippen molar-refractivity contribution < 1.29 is 9.53 Å². The summed E-state index contributed by atoms with van der Waals surface area (Å²) in [6.07, 6.45) is 2.66. The van der Waals surface area contributed by atoms with Crippen LogP contribution in [0.4, 0.5) is 11.5 Å². The van der Waals surface area contributed by atoms with Crippen LogP contribution in [-0.4, -0.2) is 23.0 Å². The van der Waals surface area contributed by atoms with Gasteiger partial charge in [0.2, 0.25) is 0 Å². The van der Waals surface area contributed by atoms with Crippen molar-refractivity contribution in [3.05, 3.63) is 41.9 Å². The average molecular weight is 258 g/mol. The predicted molar refractivity (Wildman–Crippen MR) is 72.1 cm³/mol. The van der Waals surface area contributed by atoms with Crippen LogP contribution in [0.2, 0.25) is 0 Å². The van der Waals surface area contributed by atoms with Crippen LogP contribution in [0.3, 0.4) is 0 Å². The Kier molecular flexibility index (Phi) is 3.61. The Balaban J connectivity index is 2.23. The second-order valence-electron chi connectivity index (χ2n) is 3.98. The highest BCUT2D eigenvalue weighted by molar-refractivity contribution is 6.03. The lowest BCUT2D eigenvalue weighted by Crippen LogP contribution is -2.15. The fourth-order valence-corrected chi connectivity index (χ4v) is 1.56. The van der Waals surface area contributed by atoms with Crippen LogP contribution >= 0.6 is 0 Å². The molecule has 1 aromatic heterocycles. The third kappa shape index (κ3) is 2.98. The maximum absolute atomic E-state index is 12.0. The predicted octanol–water partition coefficient (Wildman–Crippen LogP) is 1.63. The smallest absolute Gasteiger partial charge is 0.275 e. The van der Waals surface area contributed by atoms with Gasteiger partial charge in [0.25, 0.3) is 5.91 Å². The molecule has 0 atom stereocenters. The number of carbonyl (C=O) groups excluding carboxylic acids is 1. The number of benzene rings is 1. The van der Waals surface area contributed by atoms with Crippen LogP contribution in [0.5, 0.6) is 5.75 Å². The molecule has 0 saturated heterocycles. The van der Waals surface area contributed by atoms with Crippen LogP contribution in [0.25, 0.3) is 0 Å². The first kappa shape index (κ1) is 12.8. The summed E-state index contributed by atoms with van der Waals surface area (Å²) in [4.78, 5) is 19.7. The SMILES string of the molecule is COc1ccc(C)cc1NC(=O)c1cnc(N)cn1. The standard InChI is InChI=1S/C13H14N4O2/c1-8-3-4-11(19-2)9(5-8)17-13(18)10-6-16-12(14)7-15-10/h3-7H,1-2H3,(H2,14,16)(H,17,18). The van der Waals surface area contributed by atoms with Crippen LogP contribution < -0.4 is 15.8 Å². The van der Waals surface area contributed by atoms with Crippen molar-refractivity contribution in [2.45, 2.75) is 6.92 Å².